The van der Waals surface area contributed by atoms with E-state index in [1.807, 2.05) is 13.8 Å². The molecule has 0 radical (unpaired) electrons. The molecule has 19 heavy (non-hydrogen) atoms. The highest BCUT2D eigenvalue weighted by Crippen LogP contribution is 2.28. The lowest BCUT2D eigenvalue weighted by atomic mass is 10.1. The second-order valence-electron chi connectivity index (χ2n) is 4.53. The molecule has 2 amide bonds. The molecule has 0 aromatic heterocycles. The first-order valence-corrected chi connectivity index (χ1v) is 6.51. The van der Waals surface area contributed by atoms with Gasteiger partial charge < -0.3 is 15.4 Å². The number of carbonyl (C=O) groups is 2. The smallest absolute Gasteiger partial charge is 0.262 e. The summed E-state index contributed by atoms with van der Waals surface area (Å²) in [4.78, 5) is 23.2. The largest absolute Gasteiger partial charge is 0.482 e. The Morgan fingerprint density at radius 2 is 2.16 bits per heavy atom. The fourth-order valence-corrected chi connectivity index (χ4v) is 1.98. The molecule has 1 aromatic carbocycles. The van der Waals surface area contributed by atoms with Crippen LogP contribution in [0.3, 0.4) is 0 Å². The summed E-state index contributed by atoms with van der Waals surface area (Å²) in [6, 6.07) is 5.22. The second-order valence-corrected chi connectivity index (χ2v) is 4.53. The monoisotopic (exact) mass is 262 g/mol. The van der Waals surface area contributed by atoms with Crippen molar-refractivity contribution in [2.24, 2.45) is 0 Å². The first-order chi connectivity index (χ1) is 9.13. The molecular formula is C14H18N2O3. The standard InChI is InChI=1S/C14H18N2O3/c1-3-10(4-2)15-14(18)9-5-6-11-12(7-9)19-8-13(17)16-11/h5-7,10H,3-4,8H2,1-2H3,(H,15,18)(H,16,17). The summed E-state index contributed by atoms with van der Waals surface area (Å²) in [7, 11) is 0. The van der Waals surface area contributed by atoms with Crippen LogP contribution >= 0.6 is 0 Å². The Morgan fingerprint density at radius 3 is 2.84 bits per heavy atom. The number of nitrogens with one attached hydrogen (secondary N) is 2. The van der Waals surface area contributed by atoms with Gasteiger partial charge in [-0.25, -0.2) is 0 Å². The van der Waals surface area contributed by atoms with Crippen LogP contribution < -0.4 is 15.4 Å². The molecule has 0 aliphatic carbocycles. The fourth-order valence-electron chi connectivity index (χ4n) is 1.98. The molecule has 2 rings (SSSR count). The van der Waals surface area contributed by atoms with Crippen molar-refractivity contribution in [1.29, 1.82) is 0 Å². The summed E-state index contributed by atoms with van der Waals surface area (Å²) >= 11 is 0. The van der Waals surface area contributed by atoms with Gasteiger partial charge in [0.2, 0.25) is 0 Å². The second kappa shape index (κ2) is 5.73. The van der Waals surface area contributed by atoms with Crippen molar-refractivity contribution in [1.82, 2.24) is 5.32 Å². The number of hydrogen-bond acceptors (Lipinski definition) is 3. The van der Waals surface area contributed by atoms with E-state index in [-0.39, 0.29) is 24.5 Å². The number of fused-ring (bicyclic) bond motifs is 1. The summed E-state index contributed by atoms with van der Waals surface area (Å²) in [5.41, 5.74) is 1.15. The zero-order valence-electron chi connectivity index (χ0n) is 11.2. The molecule has 0 saturated heterocycles. The molecule has 1 aliphatic rings. The molecule has 1 aliphatic heterocycles. The topological polar surface area (TPSA) is 67.4 Å². The van der Waals surface area contributed by atoms with Crippen LogP contribution in [0, 0.1) is 0 Å². The van der Waals surface area contributed by atoms with E-state index in [2.05, 4.69) is 10.6 Å². The molecule has 2 N–H and O–H groups in total. The van der Waals surface area contributed by atoms with Gasteiger partial charge in [0.1, 0.15) is 5.75 Å². The van der Waals surface area contributed by atoms with Crippen molar-refractivity contribution in [3.05, 3.63) is 23.8 Å². The number of amides is 2. The Balaban J connectivity index is 2.13. The van der Waals surface area contributed by atoms with Crippen LogP contribution in [0.5, 0.6) is 5.75 Å². The fraction of sp³-hybridized carbons (Fsp3) is 0.429. The molecule has 0 unspecified atom stereocenters. The highest BCUT2D eigenvalue weighted by molar-refractivity contribution is 5.99. The van der Waals surface area contributed by atoms with Gasteiger partial charge in [0.25, 0.3) is 11.8 Å². The lowest BCUT2D eigenvalue weighted by Gasteiger charge is -2.19. The van der Waals surface area contributed by atoms with Crippen molar-refractivity contribution >= 4 is 17.5 Å². The van der Waals surface area contributed by atoms with Crippen LogP contribution in [0.15, 0.2) is 18.2 Å². The maximum absolute atomic E-state index is 12.1. The first kappa shape index (κ1) is 13.4. The summed E-state index contributed by atoms with van der Waals surface area (Å²) in [5.74, 6) is 0.246. The van der Waals surface area contributed by atoms with Crippen LogP contribution in [-0.2, 0) is 4.79 Å². The third kappa shape index (κ3) is 3.05. The Hall–Kier alpha value is -2.04. The van der Waals surface area contributed by atoms with Gasteiger partial charge >= 0.3 is 0 Å². The van der Waals surface area contributed by atoms with E-state index in [4.69, 9.17) is 4.74 Å². The zero-order valence-corrected chi connectivity index (χ0v) is 11.2. The summed E-state index contributed by atoms with van der Waals surface area (Å²) in [6.07, 6.45) is 1.81. The normalized spacial score (nSPS) is 13.5. The Kier molecular flexibility index (Phi) is 4.04. The van der Waals surface area contributed by atoms with Crippen molar-refractivity contribution in [3.8, 4) is 5.75 Å². The van der Waals surface area contributed by atoms with Crippen molar-refractivity contribution in [2.45, 2.75) is 32.7 Å². The van der Waals surface area contributed by atoms with Gasteiger partial charge in [0.05, 0.1) is 5.69 Å². The first-order valence-electron chi connectivity index (χ1n) is 6.51. The molecule has 1 aromatic rings. The molecule has 0 atom stereocenters. The van der Waals surface area contributed by atoms with Crippen molar-refractivity contribution < 1.29 is 14.3 Å². The molecule has 102 valence electrons. The SMILES string of the molecule is CCC(CC)NC(=O)c1ccc2c(c1)OCC(=O)N2. The van der Waals surface area contributed by atoms with Gasteiger partial charge in [-0.15, -0.1) is 0 Å². The third-order valence-corrected chi connectivity index (χ3v) is 3.20. The third-order valence-electron chi connectivity index (χ3n) is 3.20. The molecule has 0 saturated carbocycles. The maximum atomic E-state index is 12.1. The Morgan fingerprint density at radius 1 is 1.42 bits per heavy atom. The quantitative estimate of drug-likeness (QED) is 0.871. The molecule has 0 bridgehead atoms. The minimum atomic E-state index is -0.179. The van der Waals surface area contributed by atoms with Gasteiger partial charge in [0.15, 0.2) is 6.61 Å². The average molecular weight is 262 g/mol. The van der Waals surface area contributed by atoms with Crippen molar-refractivity contribution in [2.75, 3.05) is 11.9 Å². The number of carbonyl (C=O) groups excluding carboxylic acids is 2. The highest BCUT2D eigenvalue weighted by Gasteiger charge is 2.18. The van der Waals surface area contributed by atoms with Gasteiger partial charge in [-0.3, -0.25) is 9.59 Å². The molecule has 0 spiro atoms. The minimum Gasteiger partial charge on any atom is -0.482 e. The van der Waals surface area contributed by atoms with E-state index < -0.39 is 0 Å². The highest BCUT2D eigenvalue weighted by atomic mass is 16.5. The van der Waals surface area contributed by atoms with E-state index >= 15 is 0 Å². The van der Waals surface area contributed by atoms with Crippen LogP contribution in [0.1, 0.15) is 37.0 Å². The zero-order chi connectivity index (χ0) is 13.8. The number of hydrogen-bond donors (Lipinski definition) is 2. The van der Waals surface area contributed by atoms with Crippen LogP contribution in [-0.4, -0.2) is 24.5 Å². The summed E-state index contributed by atoms with van der Waals surface area (Å²) in [5, 5.41) is 5.66. The van der Waals surface area contributed by atoms with E-state index in [9.17, 15) is 9.59 Å². The lowest BCUT2D eigenvalue weighted by Crippen LogP contribution is -2.34. The van der Waals surface area contributed by atoms with E-state index in [0.717, 1.165) is 12.8 Å². The van der Waals surface area contributed by atoms with E-state index in [0.29, 0.717) is 17.0 Å². The molecule has 5 nitrogen and oxygen atoms in total. The lowest BCUT2D eigenvalue weighted by molar-refractivity contribution is -0.118. The number of benzene rings is 1. The van der Waals surface area contributed by atoms with Gasteiger partial charge in [-0.1, -0.05) is 13.8 Å². The predicted octanol–water partition coefficient (Wildman–Crippen LogP) is 1.94. The van der Waals surface area contributed by atoms with E-state index in [1.165, 1.54) is 0 Å². The van der Waals surface area contributed by atoms with Gasteiger partial charge in [-0.2, -0.15) is 0 Å². The Labute approximate surface area is 112 Å². The molecular weight excluding hydrogens is 244 g/mol. The minimum absolute atomic E-state index is 0.00931. The number of anilines is 1. The number of ether oxygens (including phenoxy) is 1. The van der Waals surface area contributed by atoms with Crippen LogP contribution in [0.25, 0.3) is 0 Å². The summed E-state index contributed by atoms with van der Waals surface area (Å²) in [6.45, 7) is 4.07. The molecule has 5 heteroatoms. The Bertz CT molecular complexity index is 495. The van der Waals surface area contributed by atoms with E-state index in [1.54, 1.807) is 18.2 Å². The molecule has 1 heterocycles. The van der Waals surface area contributed by atoms with Gasteiger partial charge in [0, 0.05) is 11.6 Å². The van der Waals surface area contributed by atoms with Crippen LogP contribution in [0.4, 0.5) is 5.69 Å². The average Bonchev–Trinajstić information content (AvgIpc) is 2.43. The maximum Gasteiger partial charge on any atom is 0.262 e. The predicted molar refractivity (Wildman–Crippen MR) is 72.4 cm³/mol. The van der Waals surface area contributed by atoms with Crippen LogP contribution in [0.2, 0.25) is 0 Å². The number of rotatable bonds is 4. The summed E-state index contributed by atoms with van der Waals surface area (Å²) < 4.78 is 5.29. The molecule has 0 fully saturated rings. The van der Waals surface area contributed by atoms with Gasteiger partial charge in [-0.05, 0) is 31.0 Å². The van der Waals surface area contributed by atoms with Crippen molar-refractivity contribution in [3.63, 3.8) is 0 Å².